The molecule has 1 spiro atoms. The normalized spacial score (nSPS) is 19.1. The van der Waals surface area contributed by atoms with Gasteiger partial charge in [-0.1, -0.05) is 54.6 Å². The average Bonchev–Trinajstić information content (AvgIpc) is 3.32. The van der Waals surface area contributed by atoms with Crippen LogP contribution in [0.15, 0.2) is 78.9 Å². The lowest BCUT2D eigenvalue weighted by Crippen LogP contribution is -2.60. The van der Waals surface area contributed by atoms with Crippen molar-refractivity contribution in [3.8, 4) is 0 Å². The largest absolute Gasteiger partial charge is 0.353 e. The van der Waals surface area contributed by atoms with Gasteiger partial charge in [0.25, 0.3) is 11.8 Å². The molecule has 2 atom stereocenters. The Morgan fingerprint density at radius 3 is 2.33 bits per heavy atom. The van der Waals surface area contributed by atoms with Crippen molar-refractivity contribution in [3.63, 3.8) is 0 Å². The molecule has 8 heteroatoms. The zero-order chi connectivity index (χ0) is 27.6. The second-order valence-electron chi connectivity index (χ2n) is 10.2. The van der Waals surface area contributed by atoms with Crippen LogP contribution in [0.3, 0.4) is 0 Å². The summed E-state index contributed by atoms with van der Waals surface area (Å²) in [7, 11) is 0. The molecular weight excluding hydrogens is 497 g/mol. The summed E-state index contributed by atoms with van der Waals surface area (Å²) in [5.74, 6) is -1.31. The molecule has 39 heavy (non-hydrogen) atoms. The van der Waals surface area contributed by atoms with Crippen LogP contribution in [0.1, 0.15) is 57.7 Å². The van der Waals surface area contributed by atoms with E-state index in [0.29, 0.717) is 31.5 Å². The van der Waals surface area contributed by atoms with Crippen molar-refractivity contribution in [2.24, 2.45) is 0 Å². The minimum Gasteiger partial charge on any atom is -0.353 e. The summed E-state index contributed by atoms with van der Waals surface area (Å²) < 4.78 is 20.0. The molecule has 0 saturated carbocycles. The summed E-state index contributed by atoms with van der Waals surface area (Å²) in [6.45, 7) is 4.44. The number of aryl methyl sites for hydroxylation is 1. The highest BCUT2D eigenvalue weighted by Crippen LogP contribution is 2.39. The number of amides is 3. The Labute approximate surface area is 227 Å². The molecule has 202 valence electrons. The van der Waals surface area contributed by atoms with Gasteiger partial charge in [-0.15, -0.1) is 0 Å². The molecule has 2 saturated heterocycles. The fourth-order valence-electron chi connectivity index (χ4n) is 5.51. The first-order valence-electron chi connectivity index (χ1n) is 13.2. The monoisotopic (exact) mass is 529 g/mol. The molecule has 1 N–H and O–H groups in total. The topological polar surface area (TPSA) is 79.0 Å². The Kier molecular flexibility index (Phi) is 7.48. The number of hydrogen-bond donors (Lipinski definition) is 1. The second kappa shape index (κ2) is 11.0. The van der Waals surface area contributed by atoms with Crippen LogP contribution in [0, 0.1) is 12.7 Å². The molecule has 7 nitrogen and oxygen atoms in total. The van der Waals surface area contributed by atoms with Gasteiger partial charge in [0, 0.05) is 37.1 Å². The maximum Gasteiger partial charge on any atom is 0.257 e. The third-order valence-electron chi connectivity index (χ3n) is 7.72. The van der Waals surface area contributed by atoms with Gasteiger partial charge in [-0.2, -0.15) is 0 Å². The van der Waals surface area contributed by atoms with Gasteiger partial charge in [-0.3, -0.25) is 19.3 Å². The number of ether oxygens (including phenoxy) is 1. The molecule has 2 fully saturated rings. The third kappa shape index (κ3) is 5.29. The summed E-state index contributed by atoms with van der Waals surface area (Å²) >= 11 is 0. The highest BCUT2D eigenvalue weighted by molar-refractivity contribution is 5.99. The van der Waals surface area contributed by atoms with E-state index in [4.69, 9.17) is 4.74 Å². The summed E-state index contributed by atoms with van der Waals surface area (Å²) in [5.41, 5.74) is 1.52. The van der Waals surface area contributed by atoms with E-state index >= 15 is 0 Å². The van der Waals surface area contributed by atoms with Crippen molar-refractivity contribution in [3.05, 3.63) is 107 Å². The number of likely N-dealkylation sites (tertiary alicyclic amines) is 1. The third-order valence-corrected chi connectivity index (χ3v) is 7.72. The van der Waals surface area contributed by atoms with Gasteiger partial charge in [-0.25, -0.2) is 4.39 Å². The van der Waals surface area contributed by atoms with Gasteiger partial charge in [0.1, 0.15) is 17.6 Å². The number of rotatable bonds is 5. The predicted molar refractivity (Wildman–Crippen MR) is 144 cm³/mol. The van der Waals surface area contributed by atoms with Crippen molar-refractivity contribution in [1.82, 2.24) is 15.1 Å². The van der Waals surface area contributed by atoms with Crippen molar-refractivity contribution >= 4 is 17.7 Å². The summed E-state index contributed by atoms with van der Waals surface area (Å²) in [6.07, 6.45) is 0.674. The smallest absolute Gasteiger partial charge is 0.257 e. The van der Waals surface area contributed by atoms with Crippen molar-refractivity contribution in [2.45, 2.75) is 44.5 Å². The lowest BCUT2D eigenvalue weighted by Gasteiger charge is -2.44. The number of nitrogens with zero attached hydrogens (tertiary/aromatic N) is 2. The van der Waals surface area contributed by atoms with Crippen LogP contribution in [-0.2, 0) is 9.53 Å². The van der Waals surface area contributed by atoms with Crippen LogP contribution in [0.2, 0.25) is 0 Å². The minimum absolute atomic E-state index is 0.0583. The van der Waals surface area contributed by atoms with Gasteiger partial charge in [0.15, 0.2) is 0 Å². The van der Waals surface area contributed by atoms with E-state index in [0.717, 1.165) is 11.1 Å². The molecule has 2 unspecified atom stereocenters. The first kappa shape index (κ1) is 26.6. The number of carbonyl (C=O) groups excluding carboxylic acids is 3. The van der Waals surface area contributed by atoms with Crippen LogP contribution in [0.4, 0.5) is 4.39 Å². The molecule has 2 heterocycles. The minimum atomic E-state index is -1.03. The van der Waals surface area contributed by atoms with E-state index in [1.54, 1.807) is 28.0 Å². The predicted octanol–water partition coefficient (Wildman–Crippen LogP) is 4.49. The van der Waals surface area contributed by atoms with Gasteiger partial charge < -0.3 is 15.0 Å². The van der Waals surface area contributed by atoms with Crippen LogP contribution < -0.4 is 5.32 Å². The molecule has 2 aliphatic rings. The molecule has 5 rings (SSSR count). The van der Waals surface area contributed by atoms with E-state index in [-0.39, 0.29) is 35.9 Å². The molecule has 0 radical (unpaired) electrons. The Morgan fingerprint density at radius 2 is 1.64 bits per heavy atom. The van der Waals surface area contributed by atoms with E-state index in [9.17, 15) is 18.8 Å². The molecule has 0 aromatic heterocycles. The molecular formula is C31H32FN3O4. The van der Waals surface area contributed by atoms with E-state index < -0.39 is 17.6 Å². The van der Waals surface area contributed by atoms with Crippen LogP contribution >= 0.6 is 0 Å². The fourth-order valence-corrected chi connectivity index (χ4v) is 5.51. The van der Waals surface area contributed by atoms with Crippen LogP contribution in [0.5, 0.6) is 0 Å². The number of halogens is 1. The molecule has 0 aliphatic carbocycles. The van der Waals surface area contributed by atoms with Crippen molar-refractivity contribution in [2.75, 3.05) is 19.7 Å². The Balaban J connectivity index is 1.39. The number of nitrogens with one attached hydrogen (secondary N) is 1. The molecule has 3 aromatic rings. The zero-order valence-electron chi connectivity index (χ0n) is 22.1. The summed E-state index contributed by atoms with van der Waals surface area (Å²) in [4.78, 5) is 43.9. The first-order valence-corrected chi connectivity index (χ1v) is 13.2. The molecule has 3 amide bonds. The first-order chi connectivity index (χ1) is 18.8. The highest BCUT2D eigenvalue weighted by Gasteiger charge is 2.54. The molecule has 2 aliphatic heterocycles. The van der Waals surface area contributed by atoms with Crippen LogP contribution in [0.25, 0.3) is 0 Å². The summed E-state index contributed by atoms with van der Waals surface area (Å²) in [6, 6.07) is 21.5. The van der Waals surface area contributed by atoms with E-state index in [1.807, 2.05) is 56.3 Å². The molecule has 0 bridgehead atoms. The summed E-state index contributed by atoms with van der Waals surface area (Å²) in [5, 5.41) is 3.05. The second-order valence-corrected chi connectivity index (χ2v) is 10.2. The number of piperidine rings is 1. The molecule has 3 aromatic carbocycles. The van der Waals surface area contributed by atoms with Gasteiger partial charge in [0.2, 0.25) is 5.91 Å². The highest BCUT2D eigenvalue weighted by atomic mass is 19.1. The zero-order valence-corrected chi connectivity index (χ0v) is 22.1. The van der Waals surface area contributed by atoms with Crippen LogP contribution in [-0.4, -0.2) is 59.0 Å². The lowest BCUT2D eigenvalue weighted by molar-refractivity contribution is -0.128. The number of carbonyl (C=O) groups is 3. The van der Waals surface area contributed by atoms with Gasteiger partial charge in [0.05, 0.1) is 12.6 Å². The maximum atomic E-state index is 14.0. The Morgan fingerprint density at radius 1 is 0.949 bits per heavy atom. The Bertz CT molecular complexity index is 1370. The van der Waals surface area contributed by atoms with E-state index in [1.165, 1.54) is 18.2 Å². The fraction of sp³-hybridized carbons (Fsp3) is 0.323. The average molecular weight is 530 g/mol. The maximum absolute atomic E-state index is 14.0. The SMILES string of the molecule is Cc1ccccc1C(=O)N1C(C(=O)NC(C)c2ccccc2)COC12CCN(C(=O)c1cccc(F)c1)CC2. The lowest BCUT2D eigenvalue weighted by atomic mass is 9.95. The van der Waals surface area contributed by atoms with Gasteiger partial charge in [-0.05, 0) is 49.2 Å². The van der Waals surface area contributed by atoms with E-state index in [2.05, 4.69) is 5.32 Å². The quantitative estimate of drug-likeness (QED) is 0.529. The van der Waals surface area contributed by atoms with Crippen molar-refractivity contribution in [1.29, 1.82) is 0 Å². The van der Waals surface area contributed by atoms with Gasteiger partial charge >= 0.3 is 0 Å². The van der Waals surface area contributed by atoms with Crippen molar-refractivity contribution < 1.29 is 23.5 Å². The number of benzene rings is 3. The number of hydrogen-bond acceptors (Lipinski definition) is 4. The Hall–Kier alpha value is -4.04. The standard InChI is InChI=1S/C31H32FN3O4/c1-21-9-6-7-14-26(21)30(38)35-27(28(36)33-22(2)23-10-4-3-5-11-23)20-39-31(35)15-17-34(18-16-31)29(37)24-12-8-13-25(32)19-24/h3-14,19,22,27H,15-18,20H2,1-2H3,(H,33,36).